The number of rotatable bonds is 5. The largest absolute Gasteiger partial charge is 0.325 e. The van der Waals surface area contributed by atoms with Gasteiger partial charge in [-0.1, -0.05) is 13.3 Å². The highest BCUT2D eigenvalue weighted by Gasteiger charge is 2.00. The predicted octanol–water partition coefficient (Wildman–Crippen LogP) is 2.43. The van der Waals surface area contributed by atoms with Gasteiger partial charge in [0, 0.05) is 17.6 Å². The molecule has 1 aromatic rings. The summed E-state index contributed by atoms with van der Waals surface area (Å²) < 4.78 is 0. The van der Waals surface area contributed by atoms with Crippen LogP contribution in [0.3, 0.4) is 0 Å². The lowest BCUT2D eigenvalue weighted by Crippen LogP contribution is -2.01. The summed E-state index contributed by atoms with van der Waals surface area (Å²) in [4.78, 5) is 5.46. The van der Waals surface area contributed by atoms with Gasteiger partial charge in [0.1, 0.15) is 0 Å². The summed E-state index contributed by atoms with van der Waals surface area (Å²) in [5.74, 6) is 1.16. The zero-order valence-electron chi connectivity index (χ0n) is 7.99. The SMILES string of the molecule is CCCCSc1cccnc1CN. The maximum atomic E-state index is 5.58. The Hall–Kier alpha value is -0.540. The van der Waals surface area contributed by atoms with E-state index in [4.69, 9.17) is 5.73 Å². The molecule has 0 fully saturated rings. The van der Waals surface area contributed by atoms with Crippen LogP contribution >= 0.6 is 11.8 Å². The molecule has 0 aromatic carbocycles. The molecule has 0 unspecified atom stereocenters. The van der Waals surface area contributed by atoms with Crippen LogP contribution in [0.2, 0.25) is 0 Å². The highest BCUT2D eigenvalue weighted by molar-refractivity contribution is 7.99. The predicted molar refractivity (Wildman–Crippen MR) is 57.8 cm³/mol. The van der Waals surface area contributed by atoms with E-state index in [0.29, 0.717) is 6.54 Å². The molecule has 3 heteroatoms. The first-order chi connectivity index (χ1) is 6.38. The lowest BCUT2D eigenvalue weighted by Gasteiger charge is -2.04. The Kier molecular flexibility index (Phi) is 4.86. The standard InChI is InChI=1S/C10H16N2S/c1-2-3-7-13-10-5-4-6-12-9(10)8-11/h4-6H,2-3,7-8,11H2,1H3. The normalized spacial score (nSPS) is 10.3. The van der Waals surface area contributed by atoms with Gasteiger partial charge in [0.05, 0.1) is 5.69 Å². The van der Waals surface area contributed by atoms with Crippen molar-refractivity contribution in [2.45, 2.75) is 31.2 Å². The van der Waals surface area contributed by atoms with Gasteiger partial charge in [-0.3, -0.25) is 4.98 Å². The molecule has 0 atom stereocenters. The van der Waals surface area contributed by atoms with Gasteiger partial charge >= 0.3 is 0 Å². The van der Waals surface area contributed by atoms with E-state index < -0.39 is 0 Å². The number of nitrogens with zero attached hydrogens (tertiary/aromatic N) is 1. The van der Waals surface area contributed by atoms with Crippen LogP contribution in [-0.4, -0.2) is 10.7 Å². The molecule has 0 radical (unpaired) electrons. The van der Waals surface area contributed by atoms with Crippen molar-refractivity contribution in [3.8, 4) is 0 Å². The van der Waals surface area contributed by atoms with Gasteiger partial charge < -0.3 is 5.73 Å². The minimum Gasteiger partial charge on any atom is -0.325 e. The maximum absolute atomic E-state index is 5.58. The third-order valence-corrected chi connectivity index (χ3v) is 2.97. The molecule has 0 spiro atoms. The lowest BCUT2D eigenvalue weighted by atomic mass is 10.3. The molecule has 2 nitrogen and oxygen atoms in total. The van der Waals surface area contributed by atoms with Gasteiger partial charge in [-0.05, 0) is 24.3 Å². The van der Waals surface area contributed by atoms with Crippen molar-refractivity contribution in [1.29, 1.82) is 0 Å². The fourth-order valence-electron chi connectivity index (χ4n) is 1.03. The van der Waals surface area contributed by atoms with Crippen molar-refractivity contribution in [2.24, 2.45) is 5.73 Å². The fraction of sp³-hybridized carbons (Fsp3) is 0.500. The van der Waals surface area contributed by atoms with E-state index in [1.807, 2.05) is 17.8 Å². The number of thioether (sulfide) groups is 1. The van der Waals surface area contributed by atoms with Crippen LogP contribution in [0.15, 0.2) is 23.2 Å². The smallest absolute Gasteiger partial charge is 0.0674 e. The van der Waals surface area contributed by atoms with Crippen LogP contribution in [0.4, 0.5) is 0 Å². The van der Waals surface area contributed by atoms with Crippen molar-refractivity contribution in [1.82, 2.24) is 4.98 Å². The molecule has 0 aliphatic rings. The van der Waals surface area contributed by atoms with Crippen molar-refractivity contribution >= 4 is 11.8 Å². The molecule has 1 aromatic heterocycles. The average molecular weight is 196 g/mol. The third-order valence-electron chi connectivity index (χ3n) is 1.80. The highest BCUT2D eigenvalue weighted by atomic mass is 32.2. The first-order valence-corrected chi connectivity index (χ1v) is 5.63. The molecule has 0 saturated heterocycles. The number of hydrogen-bond donors (Lipinski definition) is 1. The monoisotopic (exact) mass is 196 g/mol. The summed E-state index contributed by atoms with van der Waals surface area (Å²) in [5.41, 5.74) is 6.60. The van der Waals surface area contributed by atoms with Gasteiger partial charge in [0.2, 0.25) is 0 Å². The molecule has 0 amide bonds. The van der Waals surface area contributed by atoms with Crippen LogP contribution in [0, 0.1) is 0 Å². The first kappa shape index (κ1) is 10.5. The number of aromatic nitrogens is 1. The molecule has 0 bridgehead atoms. The first-order valence-electron chi connectivity index (χ1n) is 4.65. The van der Waals surface area contributed by atoms with Crippen LogP contribution < -0.4 is 5.73 Å². The summed E-state index contributed by atoms with van der Waals surface area (Å²) >= 11 is 1.85. The summed E-state index contributed by atoms with van der Waals surface area (Å²) in [7, 11) is 0. The number of pyridine rings is 1. The summed E-state index contributed by atoms with van der Waals surface area (Å²) in [5, 5.41) is 0. The molecular formula is C10H16N2S. The summed E-state index contributed by atoms with van der Waals surface area (Å²) in [6.45, 7) is 2.74. The van der Waals surface area contributed by atoms with Crippen LogP contribution in [0.25, 0.3) is 0 Å². The minimum absolute atomic E-state index is 0.537. The van der Waals surface area contributed by atoms with Gasteiger partial charge in [0.15, 0.2) is 0 Å². The second kappa shape index (κ2) is 6.00. The maximum Gasteiger partial charge on any atom is 0.0674 e. The van der Waals surface area contributed by atoms with Crippen LogP contribution in [-0.2, 0) is 6.54 Å². The molecule has 0 aliphatic carbocycles. The molecule has 0 aliphatic heterocycles. The molecular weight excluding hydrogens is 180 g/mol. The molecule has 1 rings (SSSR count). The Balaban J connectivity index is 2.54. The Bertz CT molecular complexity index is 250. The Morgan fingerprint density at radius 1 is 1.54 bits per heavy atom. The summed E-state index contributed by atoms with van der Waals surface area (Å²) in [6, 6.07) is 4.06. The van der Waals surface area contributed by atoms with E-state index in [0.717, 1.165) is 11.4 Å². The Morgan fingerprint density at radius 3 is 3.08 bits per heavy atom. The van der Waals surface area contributed by atoms with Gasteiger partial charge in [-0.15, -0.1) is 11.8 Å². The van der Waals surface area contributed by atoms with E-state index >= 15 is 0 Å². The zero-order chi connectivity index (χ0) is 9.52. The lowest BCUT2D eigenvalue weighted by molar-refractivity contribution is 0.892. The van der Waals surface area contributed by atoms with E-state index in [1.165, 1.54) is 17.7 Å². The Morgan fingerprint density at radius 2 is 2.38 bits per heavy atom. The van der Waals surface area contributed by atoms with Gasteiger partial charge in [0.25, 0.3) is 0 Å². The molecule has 1 heterocycles. The van der Waals surface area contributed by atoms with E-state index in [9.17, 15) is 0 Å². The third kappa shape index (κ3) is 3.36. The summed E-state index contributed by atoms with van der Waals surface area (Å²) in [6.07, 6.45) is 4.29. The van der Waals surface area contributed by atoms with Crippen molar-refractivity contribution in [3.63, 3.8) is 0 Å². The van der Waals surface area contributed by atoms with Crippen molar-refractivity contribution in [2.75, 3.05) is 5.75 Å². The average Bonchev–Trinajstić information content (AvgIpc) is 2.19. The van der Waals surface area contributed by atoms with Crippen molar-refractivity contribution < 1.29 is 0 Å². The quantitative estimate of drug-likeness (QED) is 0.580. The topological polar surface area (TPSA) is 38.9 Å². The number of unbranched alkanes of at least 4 members (excludes halogenated alkanes) is 1. The second-order valence-electron chi connectivity index (χ2n) is 2.85. The second-order valence-corrected chi connectivity index (χ2v) is 3.99. The Labute approximate surface area is 83.9 Å². The molecule has 13 heavy (non-hydrogen) atoms. The molecule has 2 N–H and O–H groups in total. The number of hydrogen-bond acceptors (Lipinski definition) is 3. The van der Waals surface area contributed by atoms with Gasteiger partial charge in [-0.25, -0.2) is 0 Å². The van der Waals surface area contributed by atoms with Crippen LogP contribution in [0.5, 0.6) is 0 Å². The van der Waals surface area contributed by atoms with E-state index in [1.54, 1.807) is 6.20 Å². The van der Waals surface area contributed by atoms with Crippen molar-refractivity contribution in [3.05, 3.63) is 24.0 Å². The zero-order valence-corrected chi connectivity index (χ0v) is 8.81. The van der Waals surface area contributed by atoms with Gasteiger partial charge in [-0.2, -0.15) is 0 Å². The van der Waals surface area contributed by atoms with E-state index in [2.05, 4.69) is 18.0 Å². The molecule has 72 valence electrons. The van der Waals surface area contributed by atoms with Crippen LogP contribution in [0.1, 0.15) is 25.5 Å². The molecule has 0 saturated carbocycles. The van der Waals surface area contributed by atoms with E-state index in [-0.39, 0.29) is 0 Å². The minimum atomic E-state index is 0.537. The fourth-order valence-corrected chi connectivity index (χ4v) is 2.16. The highest BCUT2D eigenvalue weighted by Crippen LogP contribution is 2.21. The number of nitrogens with two attached hydrogens (primary N) is 1.